The molecule has 1 heterocycles. The minimum atomic E-state index is -4.42. The lowest BCUT2D eigenvalue weighted by Crippen LogP contribution is -2.50. The lowest BCUT2D eigenvalue weighted by Gasteiger charge is -2.36. The first-order chi connectivity index (χ1) is 21.5. The van der Waals surface area contributed by atoms with Crippen LogP contribution >= 0.6 is 11.8 Å². The van der Waals surface area contributed by atoms with Crippen LogP contribution in [0.25, 0.3) is 0 Å². The summed E-state index contributed by atoms with van der Waals surface area (Å²) >= 11 is 1.59. The zero-order valence-electron chi connectivity index (χ0n) is 26.5. The highest BCUT2D eigenvalue weighted by Crippen LogP contribution is 2.32. The van der Waals surface area contributed by atoms with Crippen LogP contribution in [0, 0.1) is 10.1 Å². The molecule has 1 fully saturated rings. The molecule has 1 aliphatic heterocycles. The average Bonchev–Trinajstić information content (AvgIpc) is 2.99. The number of anilines is 2. The number of nitrogens with zero attached hydrogens (tertiary/aromatic N) is 3. The van der Waals surface area contributed by atoms with E-state index in [9.17, 15) is 28.1 Å². The smallest absolute Gasteiger partial charge is 0.410 e. The number of hydrogen-bond donors (Lipinski definition) is 2. The van der Waals surface area contributed by atoms with Crippen molar-refractivity contribution in [2.24, 2.45) is 0 Å². The third-order valence-corrected chi connectivity index (χ3v) is 9.75. The molecule has 0 saturated carbocycles. The molecule has 0 aromatic heterocycles. The van der Waals surface area contributed by atoms with Gasteiger partial charge in [0.2, 0.25) is 0 Å². The summed E-state index contributed by atoms with van der Waals surface area (Å²) in [7, 11) is -4.42. The summed E-state index contributed by atoms with van der Waals surface area (Å²) in [6, 6.07) is 19.7. The molecule has 2 N–H and O–H groups in total. The van der Waals surface area contributed by atoms with Gasteiger partial charge in [-0.1, -0.05) is 18.2 Å². The Morgan fingerprint density at radius 2 is 1.57 bits per heavy atom. The zero-order chi connectivity index (χ0) is 33.7. The van der Waals surface area contributed by atoms with Crippen molar-refractivity contribution in [2.75, 3.05) is 42.1 Å². The second-order valence-corrected chi connectivity index (χ2v) is 15.2. The number of amides is 2. The van der Waals surface area contributed by atoms with Crippen LogP contribution in [0.5, 0.6) is 0 Å². The number of hydrogen-bond acceptors (Lipinski definition) is 10. The highest BCUT2D eigenvalue weighted by atomic mass is 32.2. The number of nitro groups is 1. The molecule has 3 aromatic rings. The summed E-state index contributed by atoms with van der Waals surface area (Å²) in [6.07, 6.45) is -0.363. The molecular formula is C32H39N5O7S2. The van der Waals surface area contributed by atoms with Gasteiger partial charge >= 0.3 is 6.09 Å². The van der Waals surface area contributed by atoms with Gasteiger partial charge in [-0.15, -0.1) is 11.8 Å². The number of sulfonamides is 1. The predicted molar refractivity (Wildman–Crippen MR) is 179 cm³/mol. The summed E-state index contributed by atoms with van der Waals surface area (Å²) < 4.78 is 33.7. The van der Waals surface area contributed by atoms with Gasteiger partial charge in [-0.05, 0) is 83.1 Å². The van der Waals surface area contributed by atoms with Crippen molar-refractivity contribution in [2.45, 2.75) is 55.5 Å². The largest absolute Gasteiger partial charge is 0.444 e. The number of nitro benzene ring substituents is 1. The number of rotatable bonds is 10. The van der Waals surface area contributed by atoms with E-state index in [1.165, 1.54) is 24.3 Å². The second kappa shape index (κ2) is 14.0. The highest BCUT2D eigenvalue weighted by molar-refractivity contribution is 7.99. The van der Waals surface area contributed by atoms with Crippen molar-refractivity contribution in [3.63, 3.8) is 0 Å². The average molecular weight is 670 g/mol. The van der Waals surface area contributed by atoms with Crippen LogP contribution in [-0.2, 0) is 14.8 Å². The Morgan fingerprint density at radius 3 is 2.15 bits per heavy atom. The van der Waals surface area contributed by atoms with E-state index in [4.69, 9.17) is 4.74 Å². The van der Waals surface area contributed by atoms with E-state index in [0.717, 1.165) is 16.6 Å². The first-order valence-corrected chi connectivity index (χ1v) is 17.1. The molecular weight excluding hydrogens is 631 g/mol. The Balaban J connectivity index is 1.38. The Kier molecular flexibility index (Phi) is 10.5. The van der Waals surface area contributed by atoms with E-state index in [1.54, 1.807) is 28.8 Å². The molecule has 1 saturated heterocycles. The molecule has 0 unspecified atom stereocenters. The van der Waals surface area contributed by atoms with Crippen LogP contribution in [0.1, 0.15) is 45.0 Å². The minimum absolute atomic E-state index is 0.102. The van der Waals surface area contributed by atoms with Gasteiger partial charge < -0.3 is 19.9 Å². The molecule has 46 heavy (non-hydrogen) atoms. The van der Waals surface area contributed by atoms with E-state index in [2.05, 4.69) is 10.2 Å². The molecule has 0 spiro atoms. The van der Waals surface area contributed by atoms with Gasteiger partial charge in [0.25, 0.3) is 21.6 Å². The Bertz CT molecular complexity index is 1670. The van der Waals surface area contributed by atoms with Crippen LogP contribution in [0.2, 0.25) is 0 Å². The number of carbonyl (C=O) groups is 2. The zero-order valence-corrected chi connectivity index (χ0v) is 28.1. The first kappa shape index (κ1) is 34.6. The molecule has 0 atom stereocenters. The molecule has 14 heteroatoms. The van der Waals surface area contributed by atoms with Crippen molar-refractivity contribution in [1.29, 1.82) is 0 Å². The first-order valence-electron chi connectivity index (χ1n) is 14.7. The number of benzene rings is 3. The Labute approximate surface area is 273 Å². The maximum atomic E-state index is 13.1. The van der Waals surface area contributed by atoms with Gasteiger partial charge in [0.15, 0.2) is 0 Å². The van der Waals surface area contributed by atoms with Gasteiger partial charge in [0.1, 0.15) is 11.3 Å². The molecule has 246 valence electrons. The number of carbonyl (C=O) groups excluding carboxylic acids is 2. The van der Waals surface area contributed by atoms with E-state index in [-0.39, 0.29) is 17.3 Å². The fourth-order valence-electron chi connectivity index (χ4n) is 4.65. The van der Waals surface area contributed by atoms with E-state index >= 15 is 0 Å². The Morgan fingerprint density at radius 1 is 0.935 bits per heavy atom. The highest BCUT2D eigenvalue weighted by Gasteiger charge is 2.28. The minimum Gasteiger partial charge on any atom is -0.444 e. The van der Waals surface area contributed by atoms with Crippen molar-refractivity contribution in [3.05, 3.63) is 88.5 Å². The molecule has 12 nitrogen and oxygen atoms in total. The molecule has 0 aliphatic carbocycles. The monoisotopic (exact) mass is 669 g/mol. The number of ether oxygens (including phenoxy) is 1. The third kappa shape index (κ3) is 9.36. The Hall–Kier alpha value is -4.30. The molecule has 4 rings (SSSR count). The van der Waals surface area contributed by atoms with E-state index in [1.807, 2.05) is 69.7 Å². The van der Waals surface area contributed by atoms with Crippen molar-refractivity contribution in [3.8, 4) is 0 Å². The van der Waals surface area contributed by atoms with E-state index < -0.39 is 42.6 Å². The number of piperazine rings is 1. The van der Waals surface area contributed by atoms with Crippen LogP contribution in [0.3, 0.4) is 0 Å². The molecule has 0 bridgehead atoms. The van der Waals surface area contributed by atoms with Crippen molar-refractivity contribution in [1.82, 2.24) is 9.62 Å². The SMILES string of the molecule is CC(C)(CSc1ccccc1)Nc1ccc(S(=O)(=O)NC(=O)c2ccc(N3CCN(C(=O)OC(C)(C)C)CC3)cc2)cc1[N+](=O)[O-]. The molecule has 2 amide bonds. The van der Waals surface area contributed by atoms with Crippen molar-refractivity contribution >= 4 is 50.8 Å². The lowest BCUT2D eigenvalue weighted by molar-refractivity contribution is -0.384. The van der Waals surface area contributed by atoms with Gasteiger partial charge in [0.05, 0.1) is 9.82 Å². The van der Waals surface area contributed by atoms with Gasteiger partial charge in [-0.3, -0.25) is 14.9 Å². The quantitative estimate of drug-likeness (QED) is 0.155. The summed E-state index contributed by atoms with van der Waals surface area (Å²) in [5.41, 5.74) is -0.498. The topological polar surface area (TPSA) is 151 Å². The third-order valence-electron chi connectivity index (χ3n) is 6.95. The fourth-order valence-corrected chi connectivity index (χ4v) is 6.60. The van der Waals surface area contributed by atoms with E-state index in [0.29, 0.717) is 31.9 Å². The summed E-state index contributed by atoms with van der Waals surface area (Å²) in [4.78, 5) is 40.9. The van der Waals surface area contributed by atoms with Crippen LogP contribution in [0.4, 0.5) is 21.9 Å². The summed E-state index contributed by atoms with van der Waals surface area (Å²) in [5, 5.41) is 15.1. The molecule has 0 radical (unpaired) electrons. The molecule has 3 aromatic carbocycles. The van der Waals surface area contributed by atoms with Crippen LogP contribution < -0.4 is 14.9 Å². The second-order valence-electron chi connectivity index (χ2n) is 12.5. The standard InChI is InChI=1S/C32H39N5O7S2/c1-31(2,3)44-30(39)36-19-17-35(18-20-36)24-13-11-23(12-14-24)29(38)34-46(42,43)26-15-16-27(28(21-26)37(40)41)33-32(4,5)22-45-25-9-7-6-8-10-25/h6-16,21,33H,17-20,22H2,1-5H3,(H,34,38). The molecule has 1 aliphatic rings. The van der Waals surface area contributed by atoms with Gasteiger partial charge in [-0.2, -0.15) is 0 Å². The van der Waals surface area contributed by atoms with Gasteiger partial charge in [-0.25, -0.2) is 17.9 Å². The predicted octanol–water partition coefficient (Wildman–Crippen LogP) is 5.75. The van der Waals surface area contributed by atoms with Gasteiger partial charge in [0, 0.05) is 59.7 Å². The summed E-state index contributed by atoms with van der Waals surface area (Å²) in [6.45, 7) is 11.3. The maximum absolute atomic E-state index is 13.1. The van der Waals surface area contributed by atoms with Crippen LogP contribution in [-0.4, -0.2) is 73.3 Å². The normalized spacial score (nSPS) is 14.0. The maximum Gasteiger partial charge on any atom is 0.410 e. The summed E-state index contributed by atoms with van der Waals surface area (Å²) in [5.74, 6) is -0.282. The van der Waals surface area contributed by atoms with Crippen molar-refractivity contribution < 1.29 is 27.7 Å². The fraction of sp³-hybridized carbons (Fsp3) is 0.375. The van der Waals surface area contributed by atoms with Crippen LogP contribution in [0.15, 0.2) is 82.6 Å². The lowest BCUT2D eigenvalue weighted by atomic mass is 10.1. The number of nitrogens with one attached hydrogen (secondary N) is 2. The number of thioether (sulfide) groups is 1.